The first kappa shape index (κ1) is 18.3. The van der Waals surface area contributed by atoms with E-state index in [0.717, 1.165) is 23.4 Å². The molecule has 1 aliphatic heterocycles. The lowest BCUT2D eigenvalue weighted by atomic mass is 10.1. The maximum absolute atomic E-state index is 13.4. The summed E-state index contributed by atoms with van der Waals surface area (Å²) in [6.45, 7) is 3.77. The van der Waals surface area contributed by atoms with Crippen molar-refractivity contribution in [2.75, 3.05) is 34.4 Å². The van der Waals surface area contributed by atoms with Crippen molar-refractivity contribution in [2.45, 2.75) is 19.5 Å². The smallest absolute Gasteiger partial charge is 0.258 e. The number of carbonyl (C=O) groups is 1. The number of benzene rings is 2. The molecule has 2 aromatic carbocycles. The van der Waals surface area contributed by atoms with Gasteiger partial charge >= 0.3 is 0 Å². The van der Waals surface area contributed by atoms with Gasteiger partial charge in [0.05, 0.1) is 25.3 Å². The van der Waals surface area contributed by atoms with Gasteiger partial charge in [0.25, 0.3) is 5.91 Å². The van der Waals surface area contributed by atoms with Gasteiger partial charge in [-0.2, -0.15) is 0 Å². The van der Waals surface area contributed by atoms with Crippen LogP contribution in [0.15, 0.2) is 42.5 Å². The molecule has 138 valence electrons. The zero-order valence-corrected chi connectivity index (χ0v) is 15.9. The van der Waals surface area contributed by atoms with Gasteiger partial charge in [0.15, 0.2) is 0 Å². The van der Waals surface area contributed by atoms with E-state index in [1.54, 1.807) is 7.11 Å². The SMILES string of the molecule is COc1ccccc1C(=O)N1Cc2cc(C)ccc2OC[C@@H]1CN(C)C. The molecule has 0 saturated carbocycles. The second-order valence-electron chi connectivity index (χ2n) is 6.97. The van der Waals surface area contributed by atoms with Crippen LogP contribution in [-0.2, 0) is 6.54 Å². The first-order valence-corrected chi connectivity index (χ1v) is 8.80. The molecule has 0 N–H and O–H groups in total. The van der Waals surface area contributed by atoms with Crippen LogP contribution in [0, 0.1) is 6.92 Å². The molecule has 0 aliphatic carbocycles. The molecule has 0 radical (unpaired) electrons. The minimum Gasteiger partial charge on any atom is -0.496 e. The summed E-state index contributed by atoms with van der Waals surface area (Å²) in [5.41, 5.74) is 2.77. The van der Waals surface area contributed by atoms with Crippen LogP contribution in [0.25, 0.3) is 0 Å². The normalized spacial score (nSPS) is 16.7. The Kier molecular flexibility index (Phi) is 5.47. The molecule has 2 aromatic rings. The number of nitrogens with zero attached hydrogens (tertiary/aromatic N) is 2. The Bertz CT molecular complexity index is 789. The van der Waals surface area contributed by atoms with Crippen molar-refractivity contribution in [2.24, 2.45) is 0 Å². The van der Waals surface area contributed by atoms with Crippen molar-refractivity contribution < 1.29 is 14.3 Å². The molecule has 3 rings (SSSR count). The van der Waals surface area contributed by atoms with Gasteiger partial charge in [-0.1, -0.05) is 29.8 Å². The van der Waals surface area contributed by atoms with Gasteiger partial charge in [-0.15, -0.1) is 0 Å². The number of likely N-dealkylation sites (N-methyl/N-ethyl adjacent to an activating group) is 1. The number of amides is 1. The first-order valence-electron chi connectivity index (χ1n) is 8.80. The zero-order chi connectivity index (χ0) is 18.7. The maximum Gasteiger partial charge on any atom is 0.258 e. The number of fused-ring (bicyclic) bond motifs is 1. The highest BCUT2D eigenvalue weighted by Crippen LogP contribution is 2.29. The molecule has 5 heteroatoms. The zero-order valence-electron chi connectivity index (χ0n) is 15.9. The Hall–Kier alpha value is -2.53. The number of carbonyl (C=O) groups excluding carboxylic acids is 1. The average Bonchev–Trinajstić information content (AvgIpc) is 2.80. The minimum absolute atomic E-state index is 0.0349. The van der Waals surface area contributed by atoms with Crippen molar-refractivity contribution in [3.8, 4) is 11.5 Å². The third-order valence-electron chi connectivity index (χ3n) is 4.60. The topological polar surface area (TPSA) is 42.0 Å². The lowest BCUT2D eigenvalue weighted by Gasteiger charge is -2.31. The monoisotopic (exact) mass is 354 g/mol. The molecule has 26 heavy (non-hydrogen) atoms. The summed E-state index contributed by atoms with van der Waals surface area (Å²) in [5.74, 6) is 1.41. The van der Waals surface area contributed by atoms with Gasteiger partial charge in [0.2, 0.25) is 0 Å². The van der Waals surface area contributed by atoms with E-state index < -0.39 is 0 Å². The molecule has 0 unspecified atom stereocenters. The van der Waals surface area contributed by atoms with E-state index >= 15 is 0 Å². The van der Waals surface area contributed by atoms with Crippen molar-refractivity contribution in [1.29, 1.82) is 0 Å². The average molecular weight is 354 g/mol. The third-order valence-corrected chi connectivity index (χ3v) is 4.60. The van der Waals surface area contributed by atoms with Gasteiger partial charge in [-0.3, -0.25) is 4.79 Å². The van der Waals surface area contributed by atoms with Crippen LogP contribution >= 0.6 is 0 Å². The number of hydrogen-bond donors (Lipinski definition) is 0. The number of hydrogen-bond acceptors (Lipinski definition) is 4. The third kappa shape index (κ3) is 3.83. The van der Waals surface area contributed by atoms with Gasteiger partial charge in [0, 0.05) is 12.1 Å². The summed E-state index contributed by atoms with van der Waals surface area (Å²) in [7, 11) is 5.61. The van der Waals surface area contributed by atoms with E-state index in [2.05, 4.69) is 17.9 Å². The van der Waals surface area contributed by atoms with E-state index in [4.69, 9.17) is 9.47 Å². The molecule has 0 bridgehead atoms. The quantitative estimate of drug-likeness (QED) is 0.847. The molecule has 0 aromatic heterocycles. The number of methoxy groups -OCH3 is 1. The molecule has 1 heterocycles. The van der Waals surface area contributed by atoms with E-state index in [0.29, 0.717) is 24.5 Å². The Morgan fingerprint density at radius 1 is 1.27 bits per heavy atom. The van der Waals surface area contributed by atoms with Crippen LogP contribution in [0.5, 0.6) is 11.5 Å². The van der Waals surface area contributed by atoms with Gasteiger partial charge in [0.1, 0.15) is 18.1 Å². The molecule has 0 fully saturated rings. The molecule has 0 saturated heterocycles. The maximum atomic E-state index is 13.4. The summed E-state index contributed by atoms with van der Waals surface area (Å²) < 4.78 is 11.4. The van der Waals surface area contributed by atoms with E-state index in [9.17, 15) is 4.79 Å². The predicted octanol–water partition coefficient (Wildman–Crippen LogP) is 2.97. The Morgan fingerprint density at radius 3 is 2.77 bits per heavy atom. The van der Waals surface area contributed by atoms with Crippen LogP contribution in [0.3, 0.4) is 0 Å². The lowest BCUT2D eigenvalue weighted by Crippen LogP contribution is -2.47. The Balaban J connectivity index is 1.99. The van der Waals surface area contributed by atoms with E-state index in [-0.39, 0.29) is 11.9 Å². The number of ether oxygens (including phenoxy) is 2. The van der Waals surface area contributed by atoms with Gasteiger partial charge in [-0.25, -0.2) is 0 Å². The van der Waals surface area contributed by atoms with Crippen LogP contribution < -0.4 is 9.47 Å². The first-order chi connectivity index (χ1) is 12.5. The Morgan fingerprint density at radius 2 is 2.04 bits per heavy atom. The fraction of sp³-hybridized carbons (Fsp3) is 0.381. The standard InChI is InChI=1S/C21H26N2O3/c1-15-9-10-19-16(11-15)12-23(17(14-26-19)13-22(2)3)21(24)18-7-5-6-8-20(18)25-4/h5-11,17H,12-14H2,1-4H3/t17-/m0/s1. The molecular formula is C21H26N2O3. The van der Waals surface area contributed by atoms with Crippen molar-refractivity contribution in [3.63, 3.8) is 0 Å². The van der Waals surface area contributed by atoms with Crippen LogP contribution in [0.2, 0.25) is 0 Å². The van der Waals surface area contributed by atoms with E-state index in [1.165, 1.54) is 0 Å². The largest absolute Gasteiger partial charge is 0.496 e. The van der Waals surface area contributed by atoms with Gasteiger partial charge < -0.3 is 19.3 Å². The van der Waals surface area contributed by atoms with Crippen molar-refractivity contribution >= 4 is 5.91 Å². The highest BCUT2D eigenvalue weighted by molar-refractivity contribution is 5.97. The summed E-state index contributed by atoms with van der Waals surface area (Å²) in [6, 6.07) is 13.5. The summed E-state index contributed by atoms with van der Waals surface area (Å²) in [5, 5.41) is 0. The summed E-state index contributed by atoms with van der Waals surface area (Å²) in [4.78, 5) is 17.4. The van der Waals surface area contributed by atoms with Crippen LogP contribution in [0.4, 0.5) is 0 Å². The van der Waals surface area contributed by atoms with Crippen molar-refractivity contribution in [3.05, 3.63) is 59.2 Å². The highest BCUT2D eigenvalue weighted by atomic mass is 16.5. The summed E-state index contributed by atoms with van der Waals surface area (Å²) in [6.07, 6.45) is 0. The van der Waals surface area contributed by atoms with Crippen LogP contribution in [0.1, 0.15) is 21.5 Å². The minimum atomic E-state index is -0.0462. The molecule has 5 nitrogen and oxygen atoms in total. The molecule has 1 aliphatic rings. The molecule has 1 amide bonds. The van der Waals surface area contributed by atoms with Gasteiger partial charge in [-0.05, 0) is 39.2 Å². The number of rotatable bonds is 4. The lowest BCUT2D eigenvalue weighted by molar-refractivity contribution is 0.0580. The summed E-state index contributed by atoms with van der Waals surface area (Å²) >= 11 is 0. The van der Waals surface area contributed by atoms with E-state index in [1.807, 2.05) is 55.4 Å². The Labute approximate surface area is 155 Å². The fourth-order valence-corrected chi connectivity index (χ4v) is 3.35. The highest BCUT2D eigenvalue weighted by Gasteiger charge is 2.31. The molecule has 1 atom stereocenters. The second kappa shape index (κ2) is 7.79. The predicted molar refractivity (Wildman–Crippen MR) is 102 cm³/mol. The second-order valence-corrected chi connectivity index (χ2v) is 6.97. The molecule has 0 spiro atoms. The van der Waals surface area contributed by atoms with Crippen molar-refractivity contribution in [1.82, 2.24) is 9.80 Å². The fourth-order valence-electron chi connectivity index (χ4n) is 3.35. The molecular weight excluding hydrogens is 328 g/mol. The number of para-hydroxylation sites is 1. The van der Waals surface area contributed by atoms with Crippen LogP contribution in [-0.4, -0.2) is 56.1 Å². The number of aryl methyl sites for hydroxylation is 1.